The lowest BCUT2D eigenvalue weighted by molar-refractivity contribution is 0.0740. The van der Waals surface area contributed by atoms with Crippen LogP contribution in [-0.2, 0) is 0 Å². The smallest absolute Gasteiger partial charge is 0.353 e. The third-order valence-corrected chi connectivity index (χ3v) is 5.07. The number of ether oxygens (including phenoxy) is 4. The van der Waals surface area contributed by atoms with E-state index in [9.17, 15) is 9.59 Å². The largest absolute Gasteiger partial charge is 0.493 e. The van der Waals surface area contributed by atoms with Crippen molar-refractivity contribution in [2.24, 2.45) is 0 Å². The molecule has 1 aromatic heterocycles. The SMILES string of the molecule is COc1ccc(/C=C/C(=O)c2ccc(OC(=O)c3cccs3)cc2)c(OC)c1OC. The van der Waals surface area contributed by atoms with Crippen LogP contribution < -0.4 is 18.9 Å². The summed E-state index contributed by atoms with van der Waals surface area (Å²) >= 11 is 1.31. The topological polar surface area (TPSA) is 71.1 Å². The summed E-state index contributed by atoms with van der Waals surface area (Å²) in [5.41, 5.74) is 1.13. The predicted octanol–water partition coefficient (Wildman–Crippen LogP) is 4.89. The number of allylic oxidation sites excluding steroid dienone is 1. The van der Waals surface area contributed by atoms with Crippen molar-refractivity contribution in [1.29, 1.82) is 0 Å². The molecule has 7 heteroatoms. The van der Waals surface area contributed by atoms with Crippen molar-refractivity contribution in [3.8, 4) is 23.0 Å². The highest BCUT2D eigenvalue weighted by molar-refractivity contribution is 7.12. The molecule has 0 aliphatic heterocycles. The Hall–Kier alpha value is -3.58. The summed E-state index contributed by atoms with van der Waals surface area (Å²) in [5.74, 6) is 1.19. The molecular formula is C23H20O6S. The van der Waals surface area contributed by atoms with Crippen molar-refractivity contribution in [3.05, 3.63) is 76.0 Å². The number of benzene rings is 2. The second-order valence-electron chi connectivity index (χ2n) is 6.01. The predicted molar refractivity (Wildman–Crippen MR) is 115 cm³/mol. The number of esters is 1. The second kappa shape index (κ2) is 9.76. The maximum absolute atomic E-state index is 12.5. The van der Waals surface area contributed by atoms with Crippen LogP contribution in [0.2, 0.25) is 0 Å². The molecule has 0 unspecified atom stereocenters. The molecule has 3 rings (SSSR count). The Bertz CT molecular complexity index is 1050. The minimum atomic E-state index is -0.426. The molecule has 1 heterocycles. The fraction of sp³-hybridized carbons (Fsp3) is 0.130. The van der Waals surface area contributed by atoms with Crippen LogP contribution in [0.15, 0.2) is 60.0 Å². The maximum Gasteiger partial charge on any atom is 0.353 e. The molecule has 0 fully saturated rings. The average Bonchev–Trinajstić information content (AvgIpc) is 3.32. The lowest BCUT2D eigenvalue weighted by Crippen LogP contribution is -2.06. The lowest BCUT2D eigenvalue weighted by Gasteiger charge is -2.13. The Morgan fingerprint density at radius 2 is 1.60 bits per heavy atom. The van der Waals surface area contributed by atoms with Gasteiger partial charge in [0.2, 0.25) is 5.75 Å². The minimum absolute atomic E-state index is 0.206. The highest BCUT2D eigenvalue weighted by Gasteiger charge is 2.15. The summed E-state index contributed by atoms with van der Waals surface area (Å²) in [5, 5.41) is 1.80. The first kappa shape index (κ1) is 21.1. The van der Waals surface area contributed by atoms with E-state index in [4.69, 9.17) is 18.9 Å². The van der Waals surface area contributed by atoms with Gasteiger partial charge < -0.3 is 18.9 Å². The van der Waals surface area contributed by atoms with Gasteiger partial charge in [-0.15, -0.1) is 11.3 Å². The molecule has 3 aromatic rings. The van der Waals surface area contributed by atoms with E-state index in [1.807, 2.05) is 0 Å². The van der Waals surface area contributed by atoms with Gasteiger partial charge in [-0.05, 0) is 60.0 Å². The zero-order valence-electron chi connectivity index (χ0n) is 16.7. The zero-order chi connectivity index (χ0) is 21.5. The van der Waals surface area contributed by atoms with Crippen LogP contribution in [0.25, 0.3) is 6.08 Å². The molecule has 0 atom stereocenters. The molecule has 0 aliphatic carbocycles. The fourth-order valence-corrected chi connectivity index (χ4v) is 3.36. The van der Waals surface area contributed by atoms with Crippen LogP contribution in [0.3, 0.4) is 0 Å². The lowest BCUT2D eigenvalue weighted by atomic mass is 10.1. The second-order valence-corrected chi connectivity index (χ2v) is 6.96. The quantitative estimate of drug-likeness (QED) is 0.222. The van der Waals surface area contributed by atoms with Crippen LogP contribution in [0.4, 0.5) is 0 Å². The Balaban J connectivity index is 1.73. The van der Waals surface area contributed by atoms with E-state index in [1.54, 1.807) is 60.0 Å². The van der Waals surface area contributed by atoms with Crippen molar-refractivity contribution >= 4 is 29.2 Å². The molecule has 0 aliphatic rings. The molecule has 0 N–H and O–H groups in total. The van der Waals surface area contributed by atoms with Crippen LogP contribution >= 0.6 is 11.3 Å². The molecule has 0 bridgehead atoms. The summed E-state index contributed by atoms with van der Waals surface area (Å²) in [6, 6.07) is 13.4. The molecule has 0 saturated heterocycles. The molecule has 2 aromatic carbocycles. The van der Waals surface area contributed by atoms with Gasteiger partial charge in [0, 0.05) is 11.1 Å². The van der Waals surface area contributed by atoms with E-state index in [-0.39, 0.29) is 5.78 Å². The Morgan fingerprint density at radius 1 is 0.867 bits per heavy atom. The standard InChI is InChI=1S/C23H20O6S/c1-26-19-13-9-16(21(27-2)22(19)28-3)8-12-18(24)15-6-10-17(11-7-15)29-23(25)20-5-4-14-30-20/h4-14H,1-3H3/b12-8+. The van der Waals surface area contributed by atoms with Gasteiger partial charge in [0.15, 0.2) is 17.3 Å². The Morgan fingerprint density at radius 3 is 2.20 bits per heavy atom. The molecule has 30 heavy (non-hydrogen) atoms. The third-order valence-electron chi connectivity index (χ3n) is 4.22. The van der Waals surface area contributed by atoms with E-state index in [0.29, 0.717) is 39.0 Å². The fourth-order valence-electron chi connectivity index (χ4n) is 2.76. The first-order valence-corrected chi connectivity index (χ1v) is 9.82. The molecule has 0 spiro atoms. The number of carbonyl (C=O) groups is 2. The molecule has 0 saturated carbocycles. The molecule has 0 radical (unpaired) electrons. The maximum atomic E-state index is 12.5. The number of carbonyl (C=O) groups excluding carboxylic acids is 2. The number of ketones is 1. The van der Waals surface area contributed by atoms with Gasteiger partial charge in [-0.1, -0.05) is 6.07 Å². The van der Waals surface area contributed by atoms with Gasteiger partial charge in [0.25, 0.3) is 0 Å². The summed E-state index contributed by atoms with van der Waals surface area (Å²) in [7, 11) is 4.58. The van der Waals surface area contributed by atoms with Crippen molar-refractivity contribution < 1.29 is 28.5 Å². The van der Waals surface area contributed by atoms with Crippen LogP contribution in [0, 0.1) is 0 Å². The van der Waals surface area contributed by atoms with Crippen LogP contribution in [0.1, 0.15) is 25.6 Å². The van der Waals surface area contributed by atoms with Crippen molar-refractivity contribution in [2.75, 3.05) is 21.3 Å². The number of rotatable bonds is 8. The van der Waals surface area contributed by atoms with Gasteiger partial charge in [0.05, 0.1) is 21.3 Å². The molecule has 154 valence electrons. The minimum Gasteiger partial charge on any atom is -0.493 e. The van der Waals surface area contributed by atoms with E-state index in [1.165, 1.54) is 38.7 Å². The van der Waals surface area contributed by atoms with E-state index >= 15 is 0 Å². The first-order chi connectivity index (χ1) is 14.6. The van der Waals surface area contributed by atoms with Crippen molar-refractivity contribution in [1.82, 2.24) is 0 Å². The summed E-state index contributed by atoms with van der Waals surface area (Å²) < 4.78 is 21.3. The van der Waals surface area contributed by atoms with Crippen molar-refractivity contribution in [3.63, 3.8) is 0 Å². The van der Waals surface area contributed by atoms with E-state index in [0.717, 1.165) is 0 Å². The van der Waals surface area contributed by atoms with E-state index < -0.39 is 5.97 Å². The Kier molecular flexibility index (Phi) is 6.87. The highest BCUT2D eigenvalue weighted by Crippen LogP contribution is 2.40. The Labute approximate surface area is 178 Å². The first-order valence-electron chi connectivity index (χ1n) is 8.94. The number of hydrogen-bond acceptors (Lipinski definition) is 7. The van der Waals surface area contributed by atoms with Gasteiger partial charge in [-0.3, -0.25) is 4.79 Å². The number of hydrogen-bond donors (Lipinski definition) is 0. The third kappa shape index (κ3) is 4.69. The monoisotopic (exact) mass is 424 g/mol. The van der Waals surface area contributed by atoms with Crippen LogP contribution in [0.5, 0.6) is 23.0 Å². The molecule has 0 amide bonds. The average molecular weight is 424 g/mol. The van der Waals surface area contributed by atoms with Gasteiger partial charge in [-0.2, -0.15) is 0 Å². The van der Waals surface area contributed by atoms with Crippen molar-refractivity contribution in [2.45, 2.75) is 0 Å². The molecular weight excluding hydrogens is 404 g/mol. The zero-order valence-corrected chi connectivity index (χ0v) is 17.5. The number of thiophene rings is 1. The normalized spacial score (nSPS) is 10.6. The van der Waals surface area contributed by atoms with Crippen LogP contribution in [-0.4, -0.2) is 33.1 Å². The molecule has 6 nitrogen and oxygen atoms in total. The van der Waals surface area contributed by atoms with Gasteiger partial charge in [-0.25, -0.2) is 4.79 Å². The summed E-state index contributed by atoms with van der Waals surface area (Å²) in [6.07, 6.45) is 3.09. The highest BCUT2D eigenvalue weighted by atomic mass is 32.1. The number of methoxy groups -OCH3 is 3. The summed E-state index contributed by atoms with van der Waals surface area (Å²) in [6.45, 7) is 0. The summed E-state index contributed by atoms with van der Waals surface area (Å²) in [4.78, 5) is 25.0. The van der Waals surface area contributed by atoms with E-state index in [2.05, 4.69) is 0 Å². The van der Waals surface area contributed by atoms with Gasteiger partial charge in [0.1, 0.15) is 10.6 Å². The van der Waals surface area contributed by atoms with Gasteiger partial charge >= 0.3 is 5.97 Å².